The van der Waals surface area contributed by atoms with Gasteiger partial charge >= 0.3 is 12.2 Å². The van der Waals surface area contributed by atoms with Gasteiger partial charge in [-0.2, -0.15) is 13.2 Å². The molecule has 1 aliphatic rings. The lowest BCUT2D eigenvalue weighted by Crippen LogP contribution is -2.36. The SMILES string of the molecule is CC(C(=O)NCC1CC1)c1ccc(-c2ccc3c(c2)ncn3-c2cccc(NC(=O)NCC(F)(F)F)c2)cc1. The predicted octanol–water partition coefficient (Wildman–Crippen LogP) is 6.01. The number of nitrogens with one attached hydrogen (secondary N) is 3. The third kappa shape index (κ3) is 6.57. The average molecular weight is 536 g/mol. The number of urea groups is 1. The molecule has 0 radical (unpaired) electrons. The van der Waals surface area contributed by atoms with E-state index in [1.165, 1.54) is 12.8 Å². The molecule has 0 saturated heterocycles. The minimum absolute atomic E-state index is 0.0443. The lowest BCUT2D eigenvalue weighted by atomic mass is 9.96. The molecule has 3 amide bonds. The fraction of sp³-hybridized carbons (Fsp3) is 0.276. The normalized spacial score (nSPS) is 14.2. The third-order valence-electron chi connectivity index (χ3n) is 6.78. The molecule has 202 valence electrons. The zero-order chi connectivity index (χ0) is 27.6. The summed E-state index contributed by atoms with van der Waals surface area (Å²) in [7, 11) is 0. The Bertz CT molecular complexity index is 1490. The molecule has 1 heterocycles. The first-order chi connectivity index (χ1) is 18.7. The largest absolute Gasteiger partial charge is 0.405 e. The number of hydrogen-bond donors (Lipinski definition) is 3. The van der Waals surface area contributed by atoms with Gasteiger partial charge in [-0.15, -0.1) is 0 Å². The fourth-order valence-electron chi connectivity index (χ4n) is 4.32. The van der Waals surface area contributed by atoms with Crippen LogP contribution in [-0.2, 0) is 4.79 Å². The number of carbonyl (C=O) groups is 2. The van der Waals surface area contributed by atoms with E-state index in [1.807, 2.05) is 60.0 Å². The first-order valence-corrected chi connectivity index (χ1v) is 12.7. The number of anilines is 1. The van der Waals surface area contributed by atoms with Gasteiger partial charge in [0.25, 0.3) is 0 Å². The van der Waals surface area contributed by atoms with E-state index < -0.39 is 18.8 Å². The molecular formula is C29H28F3N5O2. The molecule has 3 N–H and O–H groups in total. The monoisotopic (exact) mass is 535 g/mol. The summed E-state index contributed by atoms with van der Waals surface area (Å²) in [6, 6.07) is 19.7. The van der Waals surface area contributed by atoms with E-state index in [0.717, 1.165) is 34.3 Å². The maximum absolute atomic E-state index is 12.4. The summed E-state index contributed by atoms with van der Waals surface area (Å²) in [6.45, 7) is 1.26. The van der Waals surface area contributed by atoms with E-state index in [-0.39, 0.29) is 11.8 Å². The van der Waals surface area contributed by atoms with Crippen LogP contribution in [0, 0.1) is 5.92 Å². The Morgan fingerprint density at radius 3 is 2.46 bits per heavy atom. The zero-order valence-corrected chi connectivity index (χ0v) is 21.3. The Balaban J connectivity index is 1.28. The zero-order valence-electron chi connectivity index (χ0n) is 21.3. The molecule has 1 aliphatic carbocycles. The van der Waals surface area contributed by atoms with Crippen molar-refractivity contribution < 1.29 is 22.8 Å². The maximum Gasteiger partial charge on any atom is 0.405 e. The average Bonchev–Trinajstić information content (AvgIpc) is 3.66. The van der Waals surface area contributed by atoms with Crippen molar-refractivity contribution in [1.82, 2.24) is 20.2 Å². The maximum atomic E-state index is 12.4. The van der Waals surface area contributed by atoms with Gasteiger partial charge in [-0.1, -0.05) is 36.4 Å². The predicted molar refractivity (Wildman–Crippen MR) is 144 cm³/mol. The Hall–Kier alpha value is -4.34. The van der Waals surface area contributed by atoms with Crippen LogP contribution in [0.2, 0.25) is 0 Å². The molecule has 10 heteroatoms. The number of imidazole rings is 1. The van der Waals surface area contributed by atoms with Gasteiger partial charge in [-0.3, -0.25) is 9.36 Å². The standard InChI is InChI=1S/C29H28F3N5O2/c1-18(27(38)33-15-19-5-6-19)20-7-9-21(10-8-20)22-11-12-26-25(13-22)35-17-37(26)24-4-2-3-23(14-24)36-28(39)34-16-29(30,31)32/h2-4,7-14,17-19H,5-6,15-16H2,1H3,(H,33,38)(H2,34,36,39). The topological polar surface area (TPSA) is 88.1 Å². The fourth-order valence-corrected chi connectivity index (χ4v) is 4.32. The van der Waals surface area contributed by atoms with Crippen molar-refractivity contribution in [1.29, 1.82) is 0 Å². The van der Waals surface area contributed by atoms with Crippen LogP contribution >= 0.6 is 0 Å². The van der Waals surface area contributed by atoms with E-state index >= 15 is 0 Å². The molecule has 5 rings (SSSR count). The Labute approximate surface area is 223 Å². The van der Waals surface area contributed by atoms with Gasteiger partial charge in [-0.05, 0) is 72.7 Å². The molecule has 4 aromatic rings. The summed E-state index contributed by atoms with van der Waals surface area (Å²) in [5, 5.41) is 7.24. The highest BCUT2D eigenvalue weighted by Crippen LogP contribution is 2.29. The molecular weight excluding hydrogens is 507 g/mol. The first-order valence-electron chi connectivity index (χ1n) is 12.7. The van der Waals surface area contributed by atoms with Crippen LogP contribution in [0.4, 0.5) is 23.7 Å². The summed E-state index contributed by atoms with van der Waals surface area (Å²) in [4.78, 5) is 28.8. The quantitative estimate of drug-likeness (QED) is 0.258. The van der Waals surface area contributed by atoms with Crippen molar-refractivity contribution in [3.63, 3.8) is 0 Å². The Kier molecular flexibility index (Phi) is 7.28. The summed E-state index contributed by atoms with van der Waals surface area (Å²) < 4.78 is 38.9. The highest BCUT2D eigenvalue weighted by molar-refractivity contribution is 5.90. The summed E-state index contributed by atoms with van der Waals surface area (Å²) in [5.41, 5.74) is 5.55. The van der Waals surface area contributed by atoms with Crippen molar-refractivity contribution >= 4 is 28.7 Å². The molecule has 1 fully saturated rings. The van der Waals surface area contributed by atoms with Crippen LogP contribution in [-0.4, -0.2) is 40.8 Å². The molecule has 39 heavy (non-hydrogen) atoms. The number of nitrogens with zero attached hydrogens (tertiary/aromatic N) is 2. The van der Waals surface area contributed by atoms with E-state index in [0.29, 0.717) is 17.3 Å². The molecule has 1 atom stereocenters. The van der Waals surface area contributed by atoms with Crippen LogP contribution in [0.25, 0.3) is 27.8 Å². The van der Waals surface area contributed by atoms with Gasteiger partial charge in [0.2, 0.25) is 5.91 Å². The molecule has 1 unspecified atom stereocenters. The number of amides is 3. The molecule has 1 saturated carbocycles. The number of benzene rings is 3. The third-order valence-corrected chi connectivity index (χ3v) is 6.78. The Morgan fingerprint density at radius 2 is 1.74 bits per heavy atom. The summed E-state index contributed by atoms with van der Waals surface area (Å²) >= 11 is 0. The van der Waals surface area contributed by atoms with Gasteiger partial charge in [0.15, 0.2) is 0 Å². The molecule has 1 aromatic heterocycles. The lowest BCUT2D eigenvalue weighted by molar-refractivity contribution is -0.123. The number of rotatable bonds is 8. The first kappa shape index (κ1) is 26.3. The second-order valence-corrected chi connectivity index (χ2v) is 9.82. The molecule has 3 aromatic carbocycles. The van der Waals surface area contributed by atoms with Crippen molar-refractivity contribution in [3.05, 3.63) is 78.6 Å². The lowest BCUT2D eigenvalue weighted by Gasteiger charge is -2.13. The van der Waals surface area contributed by atoms with Crippen LogP contribution in [0.3, 0.4) is 0 Å². The van der Waals surface area contributed by atoms with Gasteiger partial charge < -0.3 is 16.0 Å². The van der Waals surface area contributed by atoms with Crippen LogP contribution in [0.1, 0.15) is 31.2 Å². The van der Waals surface area contributed by atoms with E-state index in [9.17, 15) is 22.8 Å². The number of fused-ring (bicyclic) bond motifs is 1. The second kappa shape index (κ2) is 10.8. The van der Waals surface area contributed by atoms with E-state index in [4.69, 9.17) is 0 Å². The summed E-state index contributed by atoms with van der Waals surface area (Å²) in [5.74, 6) is 0.459. The van der Waals surface area contributed by atoms with E-state index in [2.05, 4.69) is 15.6 Å². The molecule has 0 spiro atoms. The van der Waals surface area contributed by atoms with Crippen LogP contribution in [0.5, 0.6) is 0 Å². The number of hydrogen-bond acceptors (Lipinski definition) is 3. The van der Waals surface area contributed by atoms with Crippen molar-refractivity contribution in [2.24, 2.45) is 5.92 Å². The number of aromatic nitrogens is 2. The molecule has 0 bridgehead atoms. The number of carbonyl (C=O) groups excluding carboxylic acids is 2. The molecule has 7 nitrogen and oxygen atoms in total. The van der Waals surface area contributed by atoms with Crippen molar-refractivity contribution in [2.75, 3.05) is 18.4 Å². The smallest absolute Gasteiger partial charge is 0.355 e. The highest BCUT2D eigenvalue weighted by Gasteiger charge is 2.27. The minimum Gasteiger partial charge on any atom is -0.355 e. The van der Waals surface area contributed by atoms with E-state index in [1.54, 1.807) is 29.8 Å². The Morgan fingerprint density at radius 1 is 1.00 bits per heavy atom. The van der Waals surface area contributed by atoms with Crippen molar-refractivity contribution in [2.45, 2.75) is 31.9 Å². The van der Waals surface area contributed by atoms with Gasteiger partial charge in [0.05, 0.1) is 17.0 Å². The van der Waals surface area contributed by atoms with Crippen LogP contribution < -0.4 is 16.0 Å². The minimum atomic E-state index is -4.49. The summed E-state index contributed by atoms with van der Waals surface area (Å²) in [6.07, 6.45) is -0.437. The highest BCUT2D eigenvalue weighted by atomic mass is 19.4. The van der Waals surface area contributed by atoms with Crippen LogP contribution in [0.15, 0.2) is 73.1 Å². The van der Waals surface area contributed by atoms with Gasteiger partial charge in [0, 0.05) is 17.9 Å². The number of alkyl halides is 3. The number of halogens is 3. The van der Waals surface area contributed by atoms with Gasteiger partial charge in [-0.25, -0.2) is 9.78 Å². The molecule has 0 aliphatic heterocycles. The van der Waals surface area contributed by atoms with Gasteiger partial charge in [0.1, 0.15) is 12.9 Å². The second-order valence-electron chi connectivity index (χ2n) is 9.82. The van der Waals surface area contributed by atoms with Crippen molar-refractivity contribution in [3.8, 4) is 16.8 Å².